The van der Waals surface area contributed by atoms with E-state index in [-0.39, 0.29) is 35.8 Å². The van der Waals surface area contributed by atoms with Crippen LogP contribution in [0.15, 0.2) is 15.6 Å². The summed E-state index contributed by atoms with van der Waals surface area (Å²) in [6, 6.07) is 1.97. The van der Waals surface area contributed by atoms with E-state index in [4.69, 9.17) is 10.3 Å². The summed E-state index contributed by atoms with van der Waals surface area (Å²) in [5.41, 5.74) is 6.35. The molecule has 4 N–H and O–H groups in total. The molecule has 9 heteroatoms. The van der Waals surface area contributed by atoms with E-state index in [1.165, 1.54) is 0 Å². The highest BCUT2D eigenvalue weighted by atomic mass is 127. The third kappa shape index (κ3) is 9.33. The van der Waals surface area contributed by atoms with E-state index in [0.717, 1.165) is 75.8 Å². The van der Waals surface area contributed by atoms with Crippen molar-refractivity contribution < 1.29 is 9.32 Å². The number of hydrogen-bond acceptors (Lipinski definition) is 5. The van der Waals surface area contributed by atoms with E-state index in [1.54, 1.807) is 0 Å². The number of nitrogens with two attached hydrogens (primary N) is 1. The van der Waals surface area contributed by atoms with Gasteiger partial charge in [-0.25, -0.2) is 4.99 Å². The number of nitrogens with one attached hydrogen (secondary N) is 2. The molecule has 1 aromatic rings. The maximum atomic E-state index is 11.2. The predicted molar refractivity (Wildman–Crippen MR) is 126 cm³/mol. The van der Waals surface area contributed by atoms with Gasteiger partial charge in [-0.1, -0.05) is 19.0 Å². The van der Waals surface area contributed by atoms with Crippen LogP contribution in [0.25, 0.3) is 0 Å². The second-order valence-corrected chi connectivity index (χ2v) is 7.72. The first-order valence-corrected chi connectivity index (χ1v) is 10.5. The van der Waals surface area contributed by atoms with E-state index in [2.05, 4.69) is 46.5 Å². The quantitative estimate of drug-likeness (QED) is 0.189. The average molecular weight is 520 g/mol. The Morgan fingerprint density at radius 2 is 2.07 bits per heavy atom. The molecule has 0 saturated carbocycles. The summed E-state index contributed by atoms with van der Waals surface area (Å²) in [7, 11) is 0. The smallest absolute Gasteiger partial charge is 0.220 e. The lowest BCUT2D eigenvalue weighted by Gasteiger charge is -2.30. The van der Waals surface area contributed by atoms with E-state index in [1.807, 2.05) is 6.07 Å². The second kappa shape index (κ2) is 13.8. The van der Waals surface area contributed by atoms with Crippen molar-refractivity contribution in [3.8, 4) is 0 Å². The topological polar surface area (TPSA) is 109 Å². The molecule has 0 aliphatic carbocycles. The minimum Gasteiger partial charge on any atom is -0.369 e. The number of unbranched alkanes of at least 4 members (excludes halogenated alkanes) is 1. The molecule has 8 nitrogen and oxygen atoms in total. The van der Waals surface area contributed by atoms with E-state index >= 15 is 0 Å². The lowest BCUT2D eigenvalue weighted by Crippen LogP contribution is -2.39. The number of aromatic nitrogens is 1. The largest absolute Gasteiger partial charge is 0.369 e. The molecule has 166 valence electrons. The number of guanidine groups is 1. The molecule has 1 amide bonds. The van der Waals surface area contributed by atoms with Crippen LogP contribution in [0.1, 0.15) is 63.8 Å². The van der Waals surface area contributed by atoms with Crippen molar-refractivity contribution in [2.45, 2.75) is 58.9 Å². The number of carbonyl (C=O) groups excluding carboxylic acids is 1. The van der Waals surface area contributed by atoms with Gasteiger partial charge in [0, 0.05) is 25.1 Å². The molecule has 0 bridgehead atoms. The van der Waals surface area contributed by atoms with Crippen molar-refractivity contribution in [2.24, 2.45) is 16.6 Å². The Bertz CT molecular complexity index is 626. The number of aliphatic imine (C=N–C) groups is 1. The van der Waals surface area contributed by atoms with Crippen molar-refractivity contribution in [3.05, 3.63) is 17.5 Å². The van der Waals surface area contributed by atoms with Crippen molar-refractivity contribution in [2.75, 3.05) is 32.7 Å². The number of likely N-dealkylation sites (tertiary alicyclic amines) is 1. The van der Waals surface area contributed by atoms with Gasteiger partial charge in [-0.05, 0) is 58.2 Å². The third-order valence-corrected chi connectivity index (χ3v) is 5.09. The Hall–Kier alpha value is -1.36. The monoisotopic (exact) mass is 520 g/mol. The zero-order valence-corrected chi connectivity index (χ0v) is 20.3. The maximum Gasteiger partial charge on any atom is 0.220 e. The number of piperidine rings is 1. The van der Waals surface area contributed by atoms with Crippen LogP contribution in [-0.2, 0) is 11.3 Å². The van der Waals surface area contributed by atoms with Crippen LogP contribution < -0.4 is 16.4 Å². The summed E-state index contributed by atoms with van der Waals surface area (Å²) in [6.45, 7) is 11.4. The highest BCUT2D eigenvalue weighted by Crippen LogP contribution is 2.17. The lowest BCUT2D eigenvalue weighted by molar-refractivity contribution is -0.123. The highest BCUT2D eigenvalue weighted by molar-refractivity contribution is 14.0. The van der Waals surface area contributed by atoms with E-state index in [0.29, 0.717) is 12.5 Å². The van der Waals surface area contributed by atoms with Gasteiger partial charge in [0.25, 0.3) is 0 Å². The number of primary amides is 1. The van der Waals surface area contributed by atoms with Gasteiger partial charge in [0.15, 0.2) is 11.7 Å². The first kappa shape index (κ1) is 25.7. The Morgan fingerprint density at radius 1 is 1.34 bits per heavy atom. The Labute approximate surface area is 191 Å². The number of nitrogens with zero attached hydrogens (tertiary/aromatic N) is 3. The van der Waals surface area contributed by atoms with Crippen LogP contribution in [0.3, 0.4) is 0 Å². The van der Waals surface area contributed by atoms with Crippen LogP contribution in [0.2, 0.25) is 0 Å². The van der Waals surface area contributed by atoms with Crippen LogP contribution in [0.5, 0.6) is 0 Å². The molecule has 0 unspecified atom stereocenters. The summed E-state index contributed by atoms with van der Waals surface area (Å²) < 4.78 is 5.34. The van der Waals surface area contributed by atoms with Gasteiger partial charge in [0.1, 0.15) is 6.54 Å². The molecule has 1 aromatic heterocycles. The standard InChI is InChI=1S/C20H36N6O2.HI/c1-4-22-20(24-14-17-13-18(15(2)3)25-28-17)23-9-5-6-10-26-11-7-16(8-12-26)19(21)27;/h13,15-16H,4-12,14H2,1-3H3,(H2,21,27)(H2,22,23,24);1H. The van der Waals surface area contributed by atoms with Crippen molar-refractivity contribution in [3.63, 3.8) is 0 Å². The van der Waals surface area contributed by atoms with E-state index < -0.39 is 0 Å². The van der Waals surface area contributed by atoms with Crippen LogP contribution in [0.4, 0.5) is 0 Å². The molecule has 1 aliphatic heterocycles. The van der Waals surface area contributed by atoms with Crippen LogP contribution >= 0.6 is 24.0 Å². The van der Waals surface area contributed by atoms with Gasteiger partial charge in [0.2, 0.25) is 5.91 Å². The molecule has 2 heterocycles. The van der Waals surface area contributed by atoms with Gasteiger partial charge in [-0.3, -0.25) is 4.79 Å². The zero-order valence-electron chi connectivity index (χ0n) is 17.9. The van der Waals surface area contributed by atoms with Gasteiger partial charge in [-0.2, -0.15) is 0 Å². The molecule has 29 heavy (non-hydrogen) atoms. The number of carbonyl (C=O) groups is 1. The SMILES string of the molecule is CCNC(=NCc1cc(C(C)C)no1)NCCCCN1CCC(C(N)=O)CC1.I. The summed E-state index contributed by atoms with van der Waals surface area (Å²) in [5, 5.41) is 10.7. The molecule has 1 fully saturated rings. The van der Waals surface area contributed by atoms with Gasteiger partial charge in [-0.15, -0.1) is 24.0 Å². The fourth-order valence-electron chi connectivity index (χ4n) is 3.28. The fraction of sp³-hybridized carbons (Fsp3) is 0.750. The minimum absolute atomic E-state index is 0. The average Bonchev–Trinajstić information content (AvgIpc) is 3.15. The van der Waals surface area contributed by atoms with Crippen molar-refractivity contribution in [1.29, 1.82) is 0 Å². The van der Waals surface area contributed by atoms with Gasteiger partial charge in [0.05, 0.1) is 5.69 Å². The number of rotatable bonds is 10. The molecule has 0 spiro atoms. The normalized spacial score (nSPS) is 15.9. The maximum absolute atomic E-state index is 11.2. The van der Waals surface area contributed by atoms with Gasteiger partial charge < -0.3 is 25.8 Å². The number of halogens is 1. The summed E-state index contributed by atoms with van der Waals surface area (Å²) in [6.07, 6.45) is 3.98. The molecule has 0 aromatic carbocycles. The Morgan fingerprint density at radius 3 is 2.66 bits per heavy atom. The molecule has 1 saturated heterocycles. The fourth-order valence-corrected chi connectivity index (χ4v) is 3.28. The molecule has 2 rings (SSSR count). The first-order valence-electron chi connectivity index (χ1n) is 10.5. The summed E-state index contributed by atoms with van der Waals surface area (Å²) in [4.78, 5) is 18.2. The zero-order chi connectivity index (χ0) is 20.4. The van der Waals surface area contributed by atoms with Crippen molar-refractivity contribution in [1.82, 2.24) is 20.7 Å². The molecular formula is C20H37IN6O2. The Kier molecular flexibility index (Phi) is 12.2. The third-order valence-electron chi connectivity index (χ3n) is 5.09. The van der Waals surface area contributed by atoms with Crippen LogP contribution in [0, 0.1) is 5.92 Å². The molecular weight excluding hydrogens is 483 g/mol. The minimum atomic E-state index is -0.148. The number of hydrogen-bond donors (Lipinski definition) is 3. The van der Waals surface area contributed by atoms with Crippen molar-refractivity contribution >= 4 is 35.8 Å². The second-order valence-electron chi connectivity index (χ2n) is 7.72. The molecule has 1 aliphatic rings. The first-order chi connectivity index (χ1) is 13.5. The Balaban J connectivity index is 0.00000420. The number of amides is 1. The lowest BCUT2D eigenvalue weighted by atomic mass is 9.96. The molecule has 0 atom stereocenters. The van der Waals surface area contributed by atoms with E-state index in [9.17, 15) is 4.79 Å². The molecule has 0 radical (unpaired) electrons. The van der Waals surface area contributed by atoms with Crippen LogP contribution in [-0.4, -0.2) is 54.6 Å². The predicted octanol–water partition coefficient (Wildman–Crippen LogP) is 2.45. The highest BCUT2D eigenvalue weighted by Gasteiger charge is 2.22. The van der Waals surface area contributed by atoms with Gasteiger partial charge >= 0.3 is 0 Å². The summed E-state index contributed by atoms with van der Waals surface area (Å²) >= 11 is 0. The summed E-state index contributed by atoms with van der Waals surface area (Å²) in [5.74, 6) is 1.85.